The predicted octanol–water partition coefficient (Wildman–Crippen LogP) is 0.0609. The SMILES string of the molecule is NC1(c2noc(C(F)(F)F)n2)CCS(=O)(=O)C1. The first kappa shape index (κ1) is 12.3. The Bertz CT molecular complexity index is 538. The van der Waals surface area contributed by atoms with Crippen molar-refractivity contribution in [1.29, 1.82) is 0 Å². The molecule has 17 heavy (non-hydrogen) atoms. The third-order valence-corrected chi connectivity index (χ3v) is 4.23. The van der Waals surface area contributed by atoms with Gasteiger partial charge in [0.2, 0.25) is 0 Å². The maximum absolute atomic E-state index is 12.2. The maximum atomic E-state index is 12.2. The quantitative estimate of drug-likeness (QED) is 0.775. The first-order valence-corrected chi connectivity index (χ1v) is 6.35. The molecule has 2 N–H and O–H groups in total. The summed E-state index contributed by atoms with van der Waals surface area (Å²) in [5, 5.41) is 3.11. The molecule has 1 aliphatic rings. The van der Waals surface area contributed by atoms with Gasteiger partial charge in [-0.1, -0.05) is 5.16 Å². The van der Waals surface area contributed by atoms with Gasteiger partial charge in [-0.15, -0.1) is 0 Å². The molecule has 1 unspecified atom stereocenters. The summed E-state index contributed by atoms with van der Waals surface area (Å²) in [5.74, 6) is -2.62. The molecular formula is C7H8F3N3O3S. The molecule has 96 valence electrons. The fourth-order valence-electron chi connectivity index (χ4n) is 1.59. The summed E-state index contributed by atoms with van der Waals surface area (Å²) in [5.41, 5.74) is 4.19. The Labute approximate surface area is 93.9 Å². The van der Waals surface area contributed by atoms with E-state index < -0.39 is 39.0 Å². The smallest absolute Gasteiger partial charge is 0.329 e. The molecular weight excluding hydrogens is 263 g/mol. The summed E-state index contributed by atoms with van der Waals surface area (Å²) in [6, 6.07) is 0. The van der Waals surface area contributed by atoms with Crippen LogP contribution in [-0.2, 0) is 21.6 Å². The van der Waals surface area contributed by atoms with Gasteiger partial charge in [-0.3, -0.25) is 0 Å². The molecule has 1 saturated heterocycles. The summed E-state index contributed by atoms with van der Waals surface area (Å²) in [7, 11) is -3.36. The maximum Gasteiger partial charge on any atom is 0.471 e. The van der Waals surface area contributed by atoms with Crippen molar-refractivity contribution in [3.8, 4) is 0 Å². The highest BCUT2D eigenvalue weighted by molar-refractivity contribution is 7.91. The van der Waals surface area contributed by atoms with Gasteiger partial charge in [0.15, 0.2) is 15.7 Å². The number of sulfone groups is 1. The minimum atomic E-state index is -4.76. The Balaban J connectivity index is 2.33. The lowest BCUT2D eigenvalue weighted by atomic mass is 10.0. The van der Waals surface area contributed by atoms with Gasteiger partial charge in [0.05, 0.1) is 17.0 Å². The van der Waals surface area contributed by atoms with Crippen molar-refractivity contribution in [2.75, 3.05) is 11.5 Å². The van der Waals surface area contributed by atoms with Crippen LogP contribution in [0.3, 0.4) is 0 Å². The highest BCUT2D eigenvalue weighted by Gasteiger charge is 2.46. The van der Waals surface area contributed by atoms with E-state index in [0.717, 1.165) is 0 Å². The number of nitrogens with zero attached hydrogens (tertiary/aromatic N) is 2. The van der Waals surface area contributed by atoms with Crippen molar-refractivity contribution in [1.82, 2.24) is 10.1 Å². The molecule has 0 bridgehead atoms. The third-order valence-electron chi connectivity index (χ3n) is 2.45. The van der Waals surface area contributed by atoms with Gasteiger partial charge in [0, 0.05) is 0 Å². The molecule has 0 aliphatic carbocycles. The van der Waals surface area contributed by atoms with E-state index in [4.69, 9.17) is 5.73 Å². The van der Waals surface area contributed by atoms with Gasteiger partial charge < -0.3 is 10.3 Å². The lowest BCUT2D eigenvalue weighted by Gasteiger charge is -2.16. The molecule has 2 rings (SSSR count). The Hall–Kier alpha value is -1.16. The van der Waals surface area contributed by atoms with Crippen LogP contribution in [0.4, 0.5) is 13.2 Å². The van der Waals surface area contributed by atoms with E-state index >= 15 is 0 Å². The summed E-state index contributed by atoms with van der Waals surface area (Å²) in [4.78, 5) is 3.11. The van der Waals surface area contributed by atoms with Crippen LogP contribution >= 0.6 is 0 Å². The number of rotatable bonds is 1. The molecule has 0 spiro atoms. The van der Waals surface area contributed by atoms with E-state index in [-0.39, 0.29) is 12.2 Å². The van der Waals surface area contributed by atoms with Gasteiger partial charge in [0.1, 0.15) is 0 Å². The topological polar surface area (TPSA) is 99.1 Å². The lowest BCUT2D eigenvalue weighted by molar-refractivity contribution is -0.159. The zero-order chi connectivity index (χ0) is 12.9. The third kappa shape index (κ3) is 2.27. The lowest BCUT2D eigenvalue weighted by Crippen LogP contribution is -2.39. The highest BCUT2D eigenvalue weighted by atomic mass is 32.2. The standard InChI is InChI=1S/C7H8F3N3O3S/c8-7(9,10)5-12-4(13-16-5)6(11)1-2-17(14,15)3-6/h1-3,11H2. The van der Waals surface area contributed by atoms with Crippen molar-refractivity contribution in [3.05, 3.63) is 11.7 Å². The fourth-order valence-corrected chi connectivity index (χ4v) is 3.47. The second-order valence-electron chi connectivity index (χ2n) is 3.92. The van der Waals surface area contributed by atoms with Gasteiger partial charge >= 0.3 is 12.1 Å². The predicted molar refractivity (Wildman–Crippen MR) is 48.4 cm³/mol. The molecule has 1 aromatic heterocycles. The molecule has 1 aliphatic heterocycles. The minimum Gasteiger partial charge on any atom is -0.329 e. The highest BCUT2D eigenvalue weighted by Crippen LogP contribution is 2.32. The summed E-state index contributed by atoms with van der Waals surface area (Å²) in [6.07, 6.45) is -4.79. The fraction of sp³-hybridized carbons (Fsp3) is 0.714. The van der Waals surface area contributed by atoms with E-state index in [0.29, 0.717) is 0 Å². The van der Waals surface area contributed by atoms with Crippen molar-refractivity contribution in [3.63, 3.8) is 0 Å². The monoisotopic (exact) mass is 271 g/mol. The molecule has 10 heteroatoms. The average Bonchev–Trinajstić information content (AvgIpc) is 2.70. The van der Waals surface area contributed by atoms with E-state index in [9.17, 15) is 21.6 Å². The number of halogens is 3. The van der Waals surface area contributed by atoms with Crippen LogP contribution in [-0.4, -0.2) is 30.1 Å². The molecule has 0 radical (unpaired) electrons. The summed E-state index contributed by atoms with van der Waals surface area (Å²) < 4.78 is 63.1. The van der Waals surface area contributed by atoms with Crippen molar-refractivity contribution < 1.29 is 26.1 Å². The van der Waals surface area contributed by atoms with Crippen LogP contribution in [0.15, 0.2) is 4.52 Å². The van der Waals surface area contributed by atoms with E-state index in [2.05, 4.69) is 14.7 Å². The number of nitrogens with two attached hydrogens (primary N) is 1. The van der Waals surface area contributed by atoms with E-state index in [1.165, 1.54) is 0 Å². The normalized spacial score (nSPS) is 28.5. The van der Waals surface area contributed by atoms with Crippen LogP contribution in [0, 0.1) is 0 Å². The zero-order valence-corrected chi connectivity index (χ0v) is 9.18. The van der Waals surface area contributed by atoms with Crippen LogP contribution in [0.5, 0.6) is 0 Å². The molecule has 1 aromatic rings. The van der Waals surface area contributed by atoms with Crippen LogP contribution in [0.25, 0.3) is 0 Å². The average molecular weight is 271 g/mol. The molecule has 1 atom stereocenters. The van der Waals surface area contributed by atoms with Crippen LogP contribution in [0.2, 0.25) is 0 Å². The van der Waals surface area contributed by atoms with Gasteiger partial charge in [-0.05, 0) is 6.42 Å². The van der Waals surface area contributed by atoms with Crippen molar-refractivity contribution in [2.24, 2.45) is 5.73 Å². The molecule has 0 aromatic carbocycles. The Morgan fingerprint density at radius 2 is 2.06 bits per heavy atom. The van der Waals surface area contributed by atoms with E-state index in [1.807, 2.05) is 0 Å². The largest absolute Gasteiger partial charge is 0.471 e. The Kier molecular flexibility index (Phi) is 2.47. The second-order valence-corrected chi connectivity index (χ2v) is 6.10. The second kappa shape index (κ2) is 3.42. The Morgan fingerprint density at radius 1 is 1.41 bits per heavy atom. The molecule has 0 saturated carbocycles. The van der Waals surface area contributed by atoms with Crippen LogP contribution in [0.1, 0.15) is 18.1 Å². The van der Waals surface area contributed by atoms with Gasteiger partial charge in [-0.2, -0.15) is 18.2 Å². The number of hydrogen-bond donors (Lipinski definition) is 1. The number of alkyl halides is 3. The zero-order valence-electron chi connectivity index (χ0n) is 8.36. The first-order valence-electron chi connectivity index (χ1n) is 4.53. The van der Waals surface area contributed by atoms with Gasteiger partial charge in [0.25, 0.3) is 0 Å². The van der Waals surface area contributed by atoms with E-state index in [1.54, 1.807) is 0 Å². The van der Waals surface area contributed by atoms with Crippen LogP contribution < -0.4 is 5.73 Å². The number of hydrogen-bond acceptors (Lipinski definition) is 6. The molecule has 6 nitrogen and oxygen atoms in total. The molecule has 1 fully saturated rings. The van der Waals surface area contributed by atoms with Gasteiger partial charge in [-0.25, -0.2) is 8.42 Å². The van der Waals surface area contributed by atoms with Crippen molar-refractivity contribution in [2.45, 2.75) is 18.1 Å². The molecule has 0 amide bonds. The minimum absolute atomic E-state index is 0.0217. The number of aromatic nitrogens is 2. The Morgan fingerprint density at radius 3 is 2.47 bits per heavy atom. The van der Waals surface area contributed by atoms with Crippen molar-refractivity contribution >= 4 is 9.84 Å². The summed E-state index contributed by atoms with van der Waals surface area (Å²) >= 11 is 0. The first-order chi connectivity index (χ1) is 7.62. The molecule has 2 heterocycles. The summed E-state index contributed by atoms with van der Waals surface area (Å²) in [6.45, 7) is 0.